The van der Waals surface area contributed by atoms with Crippen LogP contribution in [0, 0.1) is 0 Å². The van der Waals surface area contributed by atoms with E-state index in [0.29, 0.717) is 23.6 Å². The Labute approximate surface area is 278 Å². The summed E-state index contributed by atoms with van der Waals surface area (Å²) < 4.78 is 115. The maximum absolute atomic E-state index is 13.8. The Bertz CT molecular complexity index is 2090. The summed E-state index contributed by atoms with van der Waals surface area (Å²) in [6.45, 7) is 4.06. The molecule has 254 valence electrons. The molecule has 2 aromatic heterocycles. The molecular formula is C30H32ClF3N3O7S3+. The number of unbranched alkanes of at least 4 members (excludes halogenated alkanes) is 1. The molecule has 0 saturated carbocycles. The Hall–Kier alpha value is -3.15. The molecule has 1 aliphatic rings. The van der Waals surface area contributed by atoms with Gasteiger partial charge in [-0.2, -0.15) is 34.6 Å². The molecule has 0 radical (unpaired) electrons. The largest absolute Gasteiger partial charge is 0.464 e. The Kier molecular flexibility index (Phi) is 10.0. The molecule has 17 heteroatoms. The third-order valence-corrected chi connectivity index (χ3v) is 11.4. The molecule has 0 amide bonds. The normalized spacial score (nSPS) is 16.0. The van der Waals surface area contributed by atoms with E-state index in [9.17, 15) is 34.6 Å². The van der Waals surface area contributed by atoms with Gasteiger partial charge in [0.2, 0.25) is 5.52 Å². The van der Waals surface area contributed by atoms with Gasteiger partial charge in [-0.3, -0.25) is 9.11 Å². The Morgan fingerprint density at radius 1 is 1.09 bits per heavy atom. The van der Waals surface area contributed by atoms with Gasteiger partial charge in [0.05, 0.1) is 44.6 Å². The predicted octanol–water partition coefficient (Wildman–Crippen LogP) is 7.14. The van der Waals surface area contributed by atoms with Gasteiger partial charge in [-0.1, -0.05) is 29.0 Å². The summed E-state index contributed by atoms with van der Waals surface area (Å²) >= 11 is 7.53. The van der Waals surface area contributed by atoms with E-state index in [1.54, 1.807) is 28.2 Å². The van der Waals surface area contributed by atoms with Crippen LogP contribution in [0.15, 0.2) is 59.0 Å². The van der Waals surface area contributed by atoms with Crippen molar-refractivity contribution in [3.8, 4) is 0 Å². The second-order valence-electron chi connectivity index (χ2n) is 11.0. The molecule has 0 aliphatic carbocycles. The van der Waals surface area contributed by atoms with Gasteiger partial charge in [-0.15, -0.1) is 0 Å². The minimum Gasteiger partial charge on any atom is -0.464 e. The number of halogens is 4. The quantitative estimate of drug-likeness (QED) is 0.0886. The number of allylic oxidation sites excluding steroid dienone is 2. The number of alkyl halides is 3. The molecule has 0 bridgehead atoms. The van der Waals surface area contributed by atoms with Crippen LogP contribution in [0.25, 0.3) is 27.3 Å². The zero-order chi connectivity index (χ0) is 34.3. The Morgan fingerprint density at radius 3 is 2.47 bits per heavy atom. The highest BCUT2D eigenvalue weighted by Crippen LogP contribution is 2.47. The lowest BCUT2D eigenvalue weighted by Gasteiger charge is -2.24. The van der Waals surface area contributed by atoms with Crippen LogP contribution >= 0.6 is 22.9 Å². The average Bonchev–Trinajstić information content (AvgIpc) is 3.65. The molecule has 3 heterocycles. The highest BCUT2D eigenvalue weighted by atomic mass is 35.5. The van der Waals surface area contributed by atoms with Crippen molar-refractivity contribution in [1.29, 1.82) is 0 Å². The summed E-state index contributed by atoms with van der Waals surface area (Å²) in [4.78, 5) is 3.47. The predicted molar refractivity (Wildman–Crippen MR) is 177 cm³/mol. The van der Waals surface area contributed by atoms with Crippen LogP contribution in [0.1, 0.15) is 43.7 Å². The SMILES string of the molecule is CCN1/C(=C\C=C\c2sc3ccc4occc4c3[n+]2CCC(C)S(=O)(=O)O)N(CCCCS(=O)(=O)O)c2cc(C(F)(F)F)c(Cl)cc21. The maximum atomic E-state index is 13.8. The monoisotopic (exact) mass is 734 g/mol. The van der Waals surface area contributed by atoms with Gasteiger partial charge in [-0.05, 0) is 63.1 Å². The lowest BCUT2D eigenvalue weighted by Crippen LogP contribution is -2.37. The molecule has 0 saturated heterocycles. The lowest BCUT2D eigenvalue weighted by molar-refractivity contribution is -0.668. The maximum Gasteiger partial charge on any atom is 0.417 e. The number of thiazole rings is 1. The van der Waals surface area contributed by atoms with Crippen LogP contribution in [-0.4, -0.2) is 50.0 Å². The van der Waals surface area contributed by atoms with Crippen molar-refractivity contribution in [2.75, 3.05) is 28.6 Å². The van der Waals surface area contributed by atoms with E-state index in [-0.39, 0.29) is 38.0 Å². The van der Waals surface area contributed by atoms with Crippen LogP contribution in [0.5, 0.6) is 0 Å². The molecule has 47 heavy (non-hydrogen) atoms. The summed E-state index contributed by atoms with van der Waals surface area (Å²) in [5, 5.41) is 0.112. The van der Waals surface area contributed by atoms with E-state index in [1.165, 1.54) is 24.3 Å². The smallest absolute Gasteiger partial charge is 0.417 e. The van der Waals surface area contributed by atoms with E-state index in [4.69, 9.17) is 20.6 Å². The second kappa shape index (κ2) is 13.4. The van der Waals surface area contributed by atoms with Gasteiger partial charge in [0.25, 0.3) is 25.2 Å². The fraction of sp³-hybridized carbons (Fsp3) is 0.367. The number of furan rings is 1. The molecule has 2 N–H and O–H groups in total. The molecule has 5 rings (SSSR count). The number of aryl methyl sites for hydroxylation is 1. The van der Waals surface area contributed by atoms with Gasteiger partial charge in [-0.25, -0.2) is 0 Å². The molecule has 1 unspecified atom stereocenters. The zero-order valence-electron chi connectivity index (χ0n) is 25.2. The molecule has 1 atom stereocenters. The zero-order valence-corrected chi connectivity index (χ0v) is 28.4. The fourth-order valence-corrected chi connectivity index (χ4v) is 7.92. The van der Waals surface area contributed by atoms with E-state index in [0.717, 1.165) is 26.7 Å². The topological polar surface area (TPSA) is 132 Å². The van der Waals surface area contributed by atoms with Crippen molar-refractivity contribution in [2.45, 2.75) is 51.1 Å². The molecule has 1 aliphatic heterocycles. The van der Waals surface area contributed by atoms with E-state index >= 15 is 0 Å². The molecule has 0 spiro atoms. The first kappa shape index (κ1) is 35.2. The molecule has 4 aromatic rings. The summed E-state index contributed by atoms with van der Waals surface area (Å²) in [5.41, 5.74) is 1.19. The molecule has 0 fully saturated rings. The average molecular weight is 735 g/mol. The van der Waals surface area contributed by atoms with Crippen molar-refractivity contribution in [3.63, 3.8) is 0 Å². The second-order valence-corrected chi connectivity index (χ2v) is 15.9. The highest BCUT2D eigenvalue weighted by Gasteiger charge is 2.38. The summed E-state index contributed by atoms with van der Waals surface area (Å²) in [7, 11) is -8.46. The number of anilines is 2. The van der Waals surface area contributed by atoms with Gasteiger partial charge in [0.1, 0.15) is 16.1 Å². The van der Waals surface area contributed by atoms with Crippen molar-refractivity contribution < 1.29 is 48.1 Å². The van der Waals surface area contributed by atoms with E-state index < -0.39 is 48.0 Å². The number of aromatic nitrogens is 1. The summed E-state index contributed by atoms with van der Waals surface area (Å²) in [6.07, 6.45) is 2.61. The minimum absolute atomic E-state index is 0.0892. The van der Waals surface area contributed by atoms with Crippen molar-refractivity contribution in [3.05, 3.63) is 70.2 Å². The third kappa shape index (κ3) is 7.62. The van der Waals surface area contributed by atoms with Gasteiger partial charge in [0.15, 0.2) is 6.54 Å². The number of rotatable bonds is 12. The molecule has 10 nitrogen and oxygen atoms in total. The van der Waals surface area contributed by atoms with Gasteiger partial charge >= 0.3 is 6.18 Å². The molecular weight excluding hydrogens is 703 g/mol. The van der Waals surface area contributed by atoms with Crippen molar-refractivity contribution in [2.24, 2.45) is 0 Å². The van der Waals surface area contributed by atoms with Crippen molar-refractivity contribution in [1.82, 2.24) is 0 Å². The van der Waals surface area contributed by atoms with Crippen LogP contribution in [0.4, 0.5) is 24.5 Å². The lowest BCUT2D eigenvalue weighted by atomic mass is 10.1. The van der Waals surface area contributed by atoms with Crippen LogP contribution < -0.4 is 14.4 Å². The fourth-order valence-electron chi connectivity index (χ4n) is 5.56. The van der Waals surface area contributed by atoms with Crippen LogP contribution in [-0.2, 0) is 33.0 Å². The Morgan fingerprint density at radius 2 is 1.81 bits per heavy atom. The minimum atomic E-state index is -4.70. The van der Waals surface area contributed by atoms with Crippen LogP contribution in [0.3, 0.4) is 0 Å². The van der Waals surface area contributed by atoms with Gasteiger partial charge < -0.3 is 14.2 Å². The summed E-state index contributed by atoms with van der Waals surface area (Å²) in [5.74, 6) is 0.0517. The number of hydrogen-bond donors (Lipinski definition) is 2. The number of fused-ring (bicyclic) bond motifs is 4. The van der Waals surface area contributed by atoms with E-state index in [2.05, 4.69) is 0 Å². The van der Waals surface area contributed by atoms with Gasteiger partial charge in [0, 0.05) is 25.6 Å². The standard InChI is InChI=1S/C30H31ClF3N3O7S3/c1-3-35-24-18-22(31)21(30(32,33)34)17-23(24)36(13-4-5-16-46(38,39)40)27(35)7-6-8-28-37(14-11-19(2)47(41,42)43)29-20-12-15-44-25(20)9-10-26(29)45-28/h6-10,12,15,17-19H,3-5,11,13-14,16H2,1-2H3,(H-,38,39,40,41,42,43)/p+1. The number of benzene rings is 2. The number of nitrogens with zero attached hydrogens (tertiary/aromatic N) is 3. The first-order valence-electron chi connectivity index (χ1n) is 14.6. The first-order valence-corrected chi connectivity index (χ1v) is 18.9. The Balaban J connectivity index is 1.56. The molecule has 2 aromatic carbocycles. The van der Waals surface area contributed by atoms with Crippen molar-refractivity contribution >= 4 is 81.8 Å². The van der Waals surface area contributed by atoms with Crippen LogP contribution in [0.2, 0.25) is 5.02 Å². The number of hydrogen-bond acceptors (Lipinski definition) is 8. The third-order valence-electron chi connectivity index (χ3n) is 7.93. The van der Waals surface area contributed by atoms with E-state index in [1.807, 2.05) is 35.8 Å². The first-order chi connectivity index (χ1) is 22.0. The summed E-state index contributed by atoms with van der Waals surface area (Å²) in [6, 6.07) is 7.81. The highest BCUT2D eigenvalue weighted by molar-refractivity contribution is 7.86.